The van der Waals surface area contributed by atoms with Crippen LogP contribution in [-0.4, -0.2) is 121 Å². The smallest absolute Gasteiger partial charge is 0.246 e. The van der Waals surface area contributed by atoms with Crippen molar-refractivity contribution in [2.75, 3.05) is 72.1 Å². The van der Waals surface area contributed by atoms with E-state index in [9.17, 15) is 32.3 Å². The van der Waals surface area contributed by atoms with Gasteiger partial charge in [0.1, 0.15) is 23.3 Å². The third-order valence-corrected chi connectivity index (χ3v) is 16.2. The molecular weight excluding hydrogens is 1000 g/mol. The Morgan fingerprint density at radius 3 is 1.55 bits per heavy atom. The van der Waals surface area contributed by atoms with E-state index in [1.807, 2.05) is 18.2 Å². The van der Waals surface area contributed by atoms with Crippen molar-refractivity contribution in [2.45, 2.75) is 81.3 Å². The van der Waals surface area contributed by atoms with Crippen LogP contribution >= 0.6 is 23.2 Å². The van der Waals surface area contributed by atoms with Crippen molar-refractivity contribution in [1.82, 2.24) is 20.0 Å². The number of carbonyl (C=O) groups is 2. The molecule has 2 aliphatic carbocycles. The average molecular weight is 1070 g/mol. The SMILES string of the molecule is CCO.Clc1ccc2c(c1)C=CC21CCNCC1.O=C(/C=C/c1cc(F)cc(F)c1)N1CCC(C(O)CN2CCC3(C=Cc4cc(Cl)ccc43)CC2)CC1.O=C(/C=C/c1cc(F)cc(F)c1)N1CCC(C2CO2)CC1. The molecule has 2 atom stereocenters. The number of aliphatic hydroxyl groups is 2. The molecule has 0 bridgehead atoms. The number of fused-ring (bicyclic) bond motifs is 4. The number of benzene rings is 4. The lowest BCUT2D eigenvalue weighted by Gasteiger charge is -2.41. The van der Waals surface area contributed by atoms with Crippen LogP contribution in [-0.2, 0) is 25.2 Å². The van der Waals surface area contributed by atoms with Gasteiger partial charge >= 0.3 is 0 Å². The maximum Gasteiger partial charge on any atom is 0.246 e. The predicted octanol–water partition coefficient (Wildman–Crippen LogP) is 10.9. The Labute approximate surface area is 448 Å². The lowest BCUT2D eigenvalue weighted by atomic mass is 9.74. The summed E-state index contributed by atoms with van der Waals surface area (Å²) in [6, 6.07) is 18.8. The quantitative estimate of drug-likeness (QED) is 0.0916. The standard InChI is InChI=1S/C29H31ClF2N2O2.C16H17F2NO2.C13H14ClN.C2H6O/c30-23-2-3-26-22(17-23)5-8-29(26)9-13-33(14-10-29)19-27(35)21-6-11-34(12-7-21)28(36)4-1-20-15-24(31)18-25(32)16-20;17-13-7-11(8-14(18)9-13)1-2-16(20)19-5-3-12(4-6-19)15-10-21-15;14-11-1-2-12-10(9-11)3-4-13(12)5-7-15-8-6-13;1-2-3/h1-5,8,15-18,21,27,35H,6-7,9-14,19H2;1-2,7-9,12,15H,3-6,10H2;1-4,9,15H,5-8H2;3H,2H2,1H3/b4-1+;2-1+;;. The molecule has 0 aromatic heterocycles. The molecule has 3 N–H and O–H groups in total. The predicted molar refractivity (Wildman–Crippen MR) is 290 cm³/mol. The van der Waals surface area contributed by atoms with Gasteiger partial charge in [0.2, 0.25) is 11.8 Å². The van der Waals surface area contributed by atoms with Crippen molar-refractivity contribution in [3.63, 3.8) is 0 Å². The van der Waals surface area contributed by atoms with Gasteiger partial charge in [0.05, 0.1) is 18.8 Å². The van der Waals surface area contributed by atoms with Gasteiger partial charge in [0.25, 0.3) is 0 Å². The first kappa shape index (κ1) is 56.1. The molecule has 9 nitrogen and oxygen atoms in total. The molecular formula is C60H68Cl2F4N4O5. The maximum absolute atomic E-state index is 13.3. The van der Waals surface area contributed by atoms with Gasteiger partial charge in [-0.1, -0.05) is 59.6 Å². The third kappa shape index (κ3) is 14.9. The number of ether oxygens (including phenoxy) is 1. The minimum Gasteiger partial charge on any atom is -0.397 e. The molecule has 4 aromatic carbocycles. The molecule has 0 radical (unpaired) electrons. The highest BCUT2D eigenvalue weighted by Crippen LogP contribution is 2.45. The largest absolute Gasteiger partial charge is 0.397 e. The number of aliphatic hydroxyl groups excluding tert-OH is 2. The fraction of sp³-hybridized carbons (Fsp3) is 0.433. The van der Waals surface area contributed by atoms with Crippen molar-refractivity contribution >= 4 is 59.3 Å². The number of epoxide rings is 1. The van der Waals surface area contributed by atoms with E-state index in [-0.39, 0.29) is 29.8 Å². The van der Waals surface area contributed by atoms with E-state index in [1.54, 1.807) is 16.7 Å². The number of nitrogens with zero attached hydrogens (tertiary/aromatic N) is 3. The highest BCUT2D eigenvalue weighted by Gasteiger charge is 2.40. The molecule has 75 heavy (non-hydrogen) atoms. The molecule has 4 aromatic rings. The van der Waals surface area contributed by atoms with Crippen molar-refractivity contribution in [3.8, 4) is 0 Å². The summed E-state index contributed by atoms with van der Waals surface area (Å²) in [5.74, 6) is -2.21. The average Bonchev–Trinajstić information content (AvgIpc) is 4.13. The van der Waals surface area contributed by atoms with E-state index in [0.717, 1.165) is 93.5 Å². The number of β-amino-alcohol motifs (C(OH)–C–C–N with tert-alkyl or cyclic N) is 1. The van der Waals surface area contributed by atoms with Gasteiger partial charge in [-0.05, 0) is 190 Å². The van der Waals surface area contributed by atoms with Crippen LogP contribution in [0.3, 0.4) is 0 Å². The summed E-state index contributed by atoms with van der Waals surface area (Å²) in [5, 5.41) is 23.5. The van der Waals surface area contributed by atoms with Gasteiger partial charge in [-0.15, -0.1) is 0 Å². The van der Waals surface area contributed by atoms with Crippen molar-refractivity contribution in [3.05, 3.63) is 164 Å². The lowest BCUT2D eigenvalue weighted by Crippen LogP contribution is -2.47. The van der Waals surface area contributed by atoms with E-state index in [2.05, 4.69) is 52.7 Å². The van der Waals surface area contributed by atoms with Crippen LogP contribution in [0, 0.1) is 35.1 Å². The van der Waals surface area contributed by atoms with Crippen molar-refractivity contribution < 1.29 is 42.1 Å². The Hall–Kier alpha value is -5.12. The highest BCUT2D eigenvalue weighted by molar-refractivity contribution is 6.31. The Bertz CT molecular complexity index is 2700. The zero-order chi connectivity index (χ0) is 53.1. The fourth-order valence-electron chi connectivity index (χ4n) is 11.4. The summed E-state index contributed by atoms with van der Waals surface area (Å²) in [4.78, 5) is 30.4. The van der Waals surface area contributed by atoms with Gasteiger partial charge in [-0.2, -0.15) is 0 Å². The van der Waals surface area contributed by atoms with E-state index in [0.29, 0.717) is 61.3 Å². The molecule has 7 aliphatic rings. The lowest BCUT2D eigenvalue weighted by molar-refractivity contribution is -0.128. The number of hydrogen-bond acceptors (Lipinski definition) is 7. The Balaban J connectivity index is 0.000000161. The molecule has 5 heterocycles. The second kappa shape index (κ2) is 25.8. The minimum absolute atomic E-state index is 0.0812. The Kier molecular flexibility index (Phi) is 19.3. The zero-order valence-electron chi connectivity index (χ0n) is 42.5. The van der Waals surface area contributed by atoms with Gasteiger partial charge in [0, 0.05) is 84.5 Å². The molecule has 5 saturated heterocycles. The summed E-state index contributed by atoms with van der Waals surface area (Å²) in [6.07, 6.45) is 22.6. The second-order valence-corrected chi connectivity index (χ2v) is 21.5. The summed E-state index contributed by atoms with van der Waals surface area (Å²) in [5.41, 5.74) is 6.40. The second-order valence-electron chi connectivity index (χ2n) is 20.6. The van der Waals surface area contributed by atoms with Crippen molar-refractivity contribution in [1.29, 1.82) is 0 Å². The number of nitrogens with one attached hydrogen (secondary N) is 1. The number of amides is 2. The molecule has 2 amide bonds. The van der Waals surface area contributed by atoms with E-state index in [1.165, 1.54) is 83.7 Å². The Morgan fingerprint density at radius 2 is 1.11 bits per heavy atom. The maximum atomic E-state index is 13.3. The fourth-order valence-corrected chi connectivity index (χ4v) is 11.8. The number of allylic oxidation sites excluding steroid dienone is 2. The first-order chi connectivity index (χ1) is 36.1. The molecule has 5 aliphatic heterocycles. The first-order valence-electron chi connectivity index (χ1n) is 26.3. The van der Waals surface area contributed by atoms with Crippen LogP contribution < -0.4 is 5.32 Å². The minimum atomic E-state index is -0.671. The van der Waals surface area contributed by atoms with E-state index in [4.69, 9.17) is 33.0 Å². The summed E-state index contributed by atoms with van der Waals surface area (Å²) in [7, 11) is 0. The number of likely N-dealkylation sites (tertiary alicyclic amines) is 3. The van der Waals surface area contributed by atoms with Crippen LogP contribution in [0.15, 0.2) is 97.1 Å². The van der Waals surface area contributed by atoms with Crippen LogP contribution in [0.1, 0.15) is 91.7 Å². The molecule has 400 valence electrons. The monoisotopic (exact) mass is 1070 g/mol. The summed E-state index contributed by atoms with van der Waals surface area (Å²) >= 11 is 12.2. The number of rotatable bonds is 8. The van der Waals surface area contributed by atoms with Gasteiger partial charge in [0.15, 0.2) is 0 Å². The first-order valence-corrected chi connectivity index (χ1v) is 27.1. The molecule has 2 unspecified atom stereocenters. The van der Waals surface area contributed by atoms with Crippen LogP contribution in [0.4, 0.5) is 17.6 Å². The Morgan fingerprint density at radius 1 is 0.680 bits per heavy atom. The molecule has 5 fully saturated rings. The molecule has 2 spiro atoms. The summed E-state index contributed by atoms with van der Waals surface area (Å²) in [6.45, 7) is 10.1. The van der Waals surface area contributed by atoms with Gasteiger partial charge in [-0.25, -0.2) is 17.6 Å². The topological polar surface area (TPSA) is 109 Å². The number of piperidine rings is 4. The van der Waals surface area contributed by atoms with Crippen LogP contribution in [0.25, 0.3) is 24.3 Å². The summed E-state index contributed by atoms with van der Waals surface area (Å²) < 4.78 is 58.1. The number of hydrogen-bond donors (Lipinski definition) is 3. The van der Waals surface area contributed by atoms with Crippen molar-refractivity contribution in [2.24, 2.45) is 11.8 Å². The molecule has 11 rings (SSSR count). The number of carbonyl (C=O) groups excluding carboxylic acids is 2. The molecule has 0 saturated carbocycles. The van der Waals surface area contributed by atoms with E-state index >= 15 is 0 Å². The number of halogens is 6. The van der Waals surface area contributed by atoms with Gasteiger partial charge < -0.3 is 35.0 Å². The highest BCUT2D eigenvalue weighted by atomic mass is 35.5. The zero-order valence-corrected chi connectivity index (χ0v) is 44.0. The van der Waals surface area contributed by atoms with Crippen LogP contribution in [0.5, 0.6) is 0 Å². The van der Waals surface area contributed by atoms with E-state index < -0.39 is 29.4 Å². The van der Waals surface area contributed by atoms with Crippen LogP contribution in [0.2, 0.25) is 10.0 Å². The molecule has 15 heteroatoms. The third-order valence-electron chi connectivity index (χ3n) is 15.7. The van der Waals surface area contributed by atoms with Gasteiger partial charge in [-0.3, -0.25) is 9.59 Å². The normalized spacial score (nSPS) is 21.0.